The van der Waals surface area contributed by atoms with E-state index < -0.39 is 0 Å². The normalized spacial score (nSPS) is 16.7. The molecule has 1 amide bonds. The van der Waals surface area contributed by atoms with Crippen LogP contribution < -0.4 is 0 Å². The first-order valence-electron chi connectivity index (χ1n) is 8.38. The highest BCUT2D eigenvalue weighted by molar-refractivity contribution is 9.10. The van der Waals surface area contributed by atoms with Crippen LogP contribution in [0.1, 0.15) is 35.1 Å². The van der Waals surface area contributed by atoms with Crippen molar-refractivity contribution in [3.8, 4) is 11.4 Å². The minimum Gasteiger partial charge on any atom is -0.337 e. The van der Waals surface area contributed by atoms with Crippen LogP contribution in [0.15, 0.2) is 51.5 Å². The predicted octanol–water partition coefficient (Wildman–Crippen LogP) is 5.78. The van der Waals surface area contributed by atoms with Crippen LogP contribution >= 0.6 is 39.1 Å². The van der Waals surface area contributed by atoms with Crippen LogP contribution in [0, 0.1) is 0 Å². The Morgan fingerprint density at radius 3 is 2.67 bits per heavy atom. The van der Waals surface area contributed by atoms with Gasteiger partial charge in [-0.3, -0.25) is 4.79 Å². The zero-order valence-corrected chi connectivity index (χ0v) is 17.1. The molecule has 0 spiro atoms. The molecule has 0 radical (unpaired) electrons. The summed E-state index contributed by atoms with van der Waals surface area (Å²) in [6, 6.07) is 12.3. The largest absolute Gasteiger partial charge is 0.337 e. The lowest BCUT2D eigenvalue weighted by molar-refractivity contribution is 0.0710. The smallest absolute Gasteiger partial charge is 0.254 e. The van der Waals surface area contributed by atoms with E-state index in [1.807, 2.05) is 24.3 Å². The molecule has 3 aromatic rings. The zero-order valence-electron chi connectivity index (χ0n) is 14.0. The van der Waals surface area contributed by atoms with Crippen molar-refractivity contribution >= 4 is 45.0 Å². The quantitative estimate of drug-likeness (QED) is 0.490. The zero-order chi connectivity index (χ0) is 19.0. The van der Waals surface area contributed by atoms with Crippen LogP contribution in [0.2, 0.25) is 10.0 Å². The van der Waals surface area contributed by atoms with Gasteiger partial charge in [0, 0.05) is 22.1 Å². The second-order valence-corrected chi connectivity index (χ2v) is 7.98. The molecule has 0 aliphatic carbocycles. The van der Waals surface area contributed by atoms with Crippen molar-refractivity contribution in [1.82, 2.24) is 15.0 Å². The molecule has 5 nitrogen and oxygen atoms in total. The van der Waals surface area contributed by atoms with E-state index in [0.29, 0.717) is 33.9 Å². The number of likely N-dealkylation sites (tertiary alicyclic amines) is 1. The summed E-state index contributed by atoms with van der Waals surface area (Å²) >= 11 is 15.4. The van der Waals surface area contributed by atoms with Gasteiger partial charge < -0.3 is 9.42 Å². The molecule has 0 bridgehead atoms. The summed E-state index contributed by atoms with van der Waals surface area (Å²) in [5.74, 6) is 0.824. The summed E-state index contributed by atoms with van der Waals surface area (Å²) in [5, 5.41) is 4.85. The van der Waals surface area contributed by atoms with Crippen molar-refractivity contribution in [1.29, 1.82) is 0 Å². The average Bonchev–Trinajstić information content (AvgIpc) is 3.33. The molecule has 1 saturated heterocycles. The Labute approximate surface area is 174 Å². The van der Waals surface area contributed by atoms with E-state index in [4.69, 9.17) is 27.7 Å². The molecule has 1 atom stereocenters. The molecular weight excluding hydrogens is 453 g/mol. The van der Waals surface area contributed by atoms with Crippen molar-refractivity contribution in [2.75, 3.05) is 6.54 Å². The second kappa shape index (κ2) is 7.62. The third-order valence-corrected chi connectivity index (χ3v) is 5.78. The van der Waals surface area contributed by atoms with E-state index in [-0.39, 0.29) is 11.9 Å². The highest BCUT2D eigenvalue weighted by Crippen LogP contribution is 2.34. The molecule has 27 heavy (non-hydrogen) atoms. The number of hydrogen-bond acceptors (Lipinski definition) is 4. The van der Waals surface area contributed by atoms with Crippen molar-refractivity contribution < 1.29 is 9.32 Å². The van der Waals surface area contributed by atoms with Crippen LogP contribution in [-0.2, 0) is 0 Å². The third kappa shape index (κ3) is 3.74. The lowest BCUT2D eigenvalue weighted by Crippen LogP contribution is -2.30. The minimum absolute atomic E-state index is 0.126. The van der Waals surface area contributed by atoms with Gasteiger partial charge in [-0.05, 0) is 55.3 Å². The maximum absolute atomic E-state index is 12.9. The standard InChI is InChI=1S/C19H14BrCl2N3O2/c20-13-6-3-11(4-7-13)17-23-18(27-24-17)16-2-1-9-25(16)19(26)12-5-8-14(21)15(22)10-12/h3-8,10,16H,1-2,9H2. The third-order valence-electron chi connectivity index (χ3n) is 4.51. The first kappa shape index (κ1) is 18.5. The van der Waals surface area contributed by atoms with Gasteiger partial charge in [0.25, 0.3) is 5.91 Å². The van der Waals surface area contributed by atoms with E-state index in [0.717, 1.165) is 22.9 Å². The monoisotopic (exact) mass is 465 g/mol. The first-order valence-corrected chi connectivity index (χ1v) is 9.93. The summed E-state index contributed by atoms with van der Waals surface area (Å²) in [4.78, 5) is 19.2. The maximum atomic E-state index is 12.9. The number of halogens is 3. The van der Waals surface area contributed by atoms with E-state index in [2.05, 4.69) is 26.1 Å². The van der Waals surface area contributed by atoms with Gasteiger partial charge in [0.2, 0.25) is 11.7 Å². The van der Waals surface area contributed by atoms with Crippen LogP contribution in [0.5, 0.6) is 0 Å². The number of nitrogens with zero attached hydrogens (tertiary/aromatic N) is 3. The van der Waals surface area contributed by atoms with Gasteiger partial charge >= 0.3 is 0 Å². The number of rotatable bonds is 3. The number of amides is 1. The van der Waals surface area contributed by atoms with Crippen molar-refractivity contribution in [2.24, 2.45) is 0 Å². The Morgan fingerprint density at radius 1 is 1.15 bits per heavy atom. The van der Waals surface area contributed by atoms with E-state index >= 15 is 0 Å². The van der Waals surface area contributed by atoms with Crippen LogP contribution in [0.3, 0.4) is 0 Å². The first-order chi connectivity index (χ1) is 13.0. The Balaban J connectivity index is 1.59. The molecular formula is C19H14BrCl2N3O2. The minimum atomic E-state index is -0.247. The van der Waals surface area contributed by atoms with Crippen LogP contribution in [0.25, 0.3) is 11.4 Å². The number of hydrogen-bond donors (Lipinski definition) is 0. The topological polar surface area (TPSA) is 59.2 Å². The molecule has 0 N–H and O–H groups in total. The van der Waals surface area contributed by atoms with E-state index in [1.54, 1.807) is 23.1 Å². The summed E-state index contributed by atoms with van der Waals surface area (Å²) < 4.78 is 6.45. The number of benzene rings is 2. The molecule has 1 aliphatic heterocycles. The van der Waals surface area contributed by atoms with Gasteiger partial charge in [-0.15, -0.1) is 0 Å². The Hall–Kier alpha value is -1.89. The number of aromatic nitrogens is 2. The summed E-state index contributed by atoms with van der Waals surface area (Å²) in [6.07, 6.45) is 1.64. The van der Waals surface area contributed by atoms with Gasteiger partial charge in [0.1, 0.15) is 6.04 Å². The van der Waals surface area contributed by atoms with E-state index in [9.17, 15) is 4.79 Å². The molecule has 1 aromatic heterocycles. The van der Waals surface area contributed by atoms with Gasteiger partial charge in [-0.2, -0.15) is 4.98 Å². The predicted molar refractivity (Wildman–Crippen MR) is 107 cm³/mol. The highest BCUT2D eigenvalue weighted by atomic mass is 79.9. The molecule has 138 valence electrons. The molecule has 0 saturated carbocycles. The molecule has 2 heterocycles. The SMILES string of the molecule is O=C(c1ccc(Cl)c(Cl)c1)N1CCCC1c1nc(-c2ccc(Br)cc2)no1. The molecule has 4 rings (SSSR count). The molecule has 1 aliphatic rings. The Kier molecular flexibility index (Phi) is 5.21. The number of carbonyl (C=O) groups is 1. The lowest BCUT2D eigenvalue weighted by atomic mass is 10.1. The van der Waals surface area contributed by atoms with Crippen molar-refractivity contribution in [3.63, 3.8) is 0 Å². The van der Waals surface area contributed by atoms with Crippen molar-refractivity contribution in [3.05, 3.63) is 68.4 Å². The molecule has 1 fully saturated rings. The van der Waals surface area contributed by atoms with Gasteiger partial charge in [0.05, 0.1) is 10.0 Å². The fourth-order valence-electron chi connectivity index (χ4n) is 3.15. The summed E-state index contributed by atoms with van der Waals surface area (Å²) in [5.41, 5.74) is 1.34. The van der Waals surface area contributed by atoms with Crippen LogP contribution in [-0.4, -0.2) is 27.5 Å². The molecule has 8 heteroatoms. The fourth-order valence-corrected chi connectivity index (χ4v) is 3.71. The molecule has 1 unspecified atom stereocenters. The highest BCUT2D eigenvalue weighted by Gasteiger charge is 2.34. The average molecular weight is 467 g/mol. The molecule has 2 aromatic carbocycles. The Bertz CT molecular complexity index is 991. The lowest BCUT2D eigenvalue weighted by Gasteiger charge is -2.22. The maximum Gasteiger partial charge on any atom is 0.254 e. The number of carbonyl (C=O) groups excluding carboxylic acids is 1. The second-order valence-electron chi connectivity index (χ2n) is 6.25. The van der Waals surface area contributed by atoms with Crippen molar-refractivity contribution in [2.45, 2.75) is 18.9 Å². The van der Waals surface area contributed by atoms with E-state index in [1.165, 1.54) is 0 Å². The van der Waals surface area contributed by atoms with Gasteiger partial charge in [-0.1, -0.05) is 44.3 Å². The van der Waals surface area contributed by atoms with Crippen LogP contribution in [0.4, 0.5) is 0 Å². The Morgan fingerprint density at radius 2 is 1.93 bits per heavy atom. The summed E-state index contributed by atoms with van der Waals surface area (Å²) in [6.45, 7) is 0.625. The van der Waals surface area contributed by atoms with Gasteiger partial charge in [-0.25, -0.2) is 0 Å². The summed E-state index contributed by atoms with van der Waals surface area (Å²) in [7, 11) is 0. The fraction of sp³-hybridized carbons (Fsp3) is 0.211. The van der Waals surface area contributed by atoms with Gasteiger partial charge in [0.15, 0.2) is 0 Å².